The van der Waals surface area contributed by atoms with E-state index in [2.05, 4.69) is 31.9 Å². The molecule has 2 saturated carbocycles. The minimum absolute atomic E-state index is 0.00724. The Hall–Kier alpha value is -4.85. The van der Waals surface area contributed by atoms with Crippen molar-refractivity contribution in [3.05, 3.63) is 35.9 Å². The molecule has 0 unspecified atom stereocenters. The maximum absolute atomic E-state index is 14.9. The van der Waals surface area contributed by atoms with Crippen LogP contribution in [0.25, 0.3) is 0 Å². The van der Waals surface area contributed by atoms with Crippen molar-refractivity contribution >= 4 is 41.6 Å². The Morgan fingerprint density at radius 3 is 1.22 bits per heavy atom. The zero-order valence-corrected chi connectivity index (χ0v) is 42.5. The van der Waals surface area contributed by atoms with Crippen LogP contribution in [-0.2, 0) is 63.8 Å². The number of ether oxygens (including phenoxy) is 6. The first-order chi connectivity index (χ1) is 32.1. The van der Waals surface area contributed by atoms with Crippen LogP contribution in [-0.4, -0.2) is 137 Å². The number of esters is 1. The standard InChI is InChI=1S/C49H80N6O13/c1-28(2)19-33(41(56)50-36(22-31(7)8)44(59)55-49(46(61)67-13)25-39(65-11)40(26-49)66-12)52-45(60)48(23-37(63-9)38(24-48)64-10)54-43(58)35(21-30(5)6)51-42(57)34(20-29(3)4)53-47(62)68-27-32-17-15-14-16-18-32/h14-18,28-31,33-40H,19-27H2,1-13H3,(H,50,56)(H,51,57)(H,52,60)(H,53,62)(H,54,58)(H,55,59)/t33-,34-,35-,36-,37+,38+,39+,40+/m0/s1. The van der Waals surface area contributed by atoms with Crippen LogP contribution in [0.3, 0.4) is 0 Å². The molecular weight excluding hydrogens is 881 g/mol. The summed E-state index contributed by atoms with van der Waals surface area (Å²) in [5, 5.41) is 17.1. The summed E-state index contributed by atoms with van der Waals surface area (Å²) in [6.07, 6.45) is -2.28. The fraction of sp³-hybridized carbons (Fsp3) is 0.735. The molecule has 0 saturated heterocycles. The molecule has 2 fully saturated rings. The fourth-order valence-corrected chi connectivity index (χ4v) is 9.07. The average molecular weight is 961 g/mol. The summed E-state index contributed by atoms with van der Waals surface area (Å²) in [5.74, 6) is -4.26. The number of carbonyl (C=O) groups excluding carboxylic acids is 7. The van der Waals surface area contributed by atoms with Crippen LogP contribution in [0, 0.1) is 23.7 Å². The Balaban J connectivity index is 1.92. The van der Waals surface area contributed by atoms with Crippen molar-refractivity contribution in [1.82, 2.24) is 31.9 Å². The van der Waals surface area contributed by atoms with Gasteiger partial charge in [0.2, 0.25) is 29.5 Å². The molecule has 0 aromatic heterocycles. The van der Waals surface area contributed by atoms with E-state index in [1.54, 1.807) is 0 Å². The van der Waals surface area contributed by atoms with Crippen molar-refractivity contribution in [2.75, 3.05) is 35.5 Å². The first-order valence-electron chi connectivity index (χ1n) is 23.8. The third-order valence-electron chi connectivity index (χ3n) is 12.5. The van der Waals surface area contributed by atoms with Crippen LogP contribution >= 0.6 is 0 Å². The number of alkyl carbamates (subject to hydrolysis) is 1. The van der Waals surface area contributed by atoms with Crippen LogP contribution in [0.5, 0.6) is 0 Å². The maximum Gasteiger partial charge on any atom is 0.408 e. The van der Waals surface area contributed by atoms with Gasteiger partial charge in [-0.15, -0.1) is 0 Å². The van der Waals surface area contributed by atoms with Gasteiger partial charge in [0.05, 0.1) is 31.5 Å². The molecule has 6 N–H and O–H groups in total. The summed E-state index contributed by atoms with van der Waals surface area (Å²) in [6, 6.07) is 4.58. The monoisotopic (exact) mass is 961 g/mol. The molecule has 0 bridgehead atoms. The van der Waals surface area contributed by atoms with Gasteiger partial charge in [0.25, 0.3) is 0 Å². The lowest BCUT2D eigenvalue weighted by Crippen LogP contribution is -2.65. The summed E-state index contributed by atoms with van der Waals surface area (Å²) in [6.45, 7) is 15.1. The van der Waals surface area contributed by atoms with Crippen LogP contribution < -0.4 is 31.9 Å². The number of amides is 6. The summed E-state index contributed by atoms with van der Waals surface area (Å²) in [7, 11) is 7.14. The number of benzene rings is 1. The van der Waals surface area contributed by atoms with Gasteiger partial charge >= 0.3 is 12.1 Å². The summed E-state index contributed by atoms with van der Waals surface area (Å²) in [4.78, 5) is 98.3. The minimum atomic E-state index is -1.69. The molecular formula is C49H80N6O13. The lowest BCUT2D eigenvalue weighted by Gasteiger charge is -2.34. The lowest BCUT2D eigenvalue weighted by atomic mass is 9.92. The molecule has 19 heteroatoms. The smallest absolute Gasteiger partial charge is 0.408 e. The molecule has 1 aromatic carbocycles. The highest BCUT2D eigenvalue weighted by Gasteiger charge is 2.55. The van der Waals surface area contributed by atoms with Gasteiger partial charge in [0.1, 0.15) is 41.9 Å². The Bertz CT molecular complexity index is 1800. The largest absolute Gasteiger partial charge is 0.467 e. The molecule has 0 spiro atoms. The molecule has 19 nitrogen and oxygen atoms in total. The van der Waals surface area contributed by atoms with E-state index >= 15 is 0 Å². The van der Waals surface area contributed by atoms with E-state index in [0.717, 1.165) is 5.56 Å². The van der Waals surface area contributed by atoms with Crippen molar-refractivity contribution in [3.63, 3.8) is 0 Å². The van der Waals surface area contributed by atoms with Crippen molar-refractivity contribution in [2.24, 2.45) is 23.7 Å². The first-order valence-corrected chi connectivity index (χ1v) is 23.8. The fourth-order valence-electron chi connectivity index (χ4n) is 9.07. The molecule has 6 amide bonds. The van der Waals surface area contributed by atoms with Crippen molar-refractivity contribution in [3.8, 4) is 0 Å². The van der Waals surface area contributed by atoms with Crippen molar-refractivity contribution in [2.45, 2.75) is 173 Å². The zero-order chi connectivity index (χ0) is 50.9. The average Bonchev–Trinajstić information content (AvgIpc) is 3.85. The summed E-state index contributed by atoms with van der Waals surface area (Å²) in [5.41, 5.74) is -2.41. The highest BCUT2D eigenvalue weighted by Crippen LogP contribution is 2.36. The van der Waals surface area contributed by atoms with Crippen LogP contribution in [0.15, 0.2) is 30.3 Å². The molecule has 68 heavy (non-hydrogen) atoms. The predicted molar refractivity (Wildman–Crippen MR) is 253 cm³/mol. The number of carbonyl (C=O) groups is 7. The second kappa shape index (κ2) is 26.8. The second-order valence-corrected chi connectivity index (χ2v) is 20.0. The summed E-state index contributed by atoms with van der Waals surface area (Å²) >= 11 is 0. The van der Waals surface area contributed by atoms with Gasteiger partial charge in [-0.05, 0) is 54.9 Å². The molecule has 3 rings (SSSR count). The topological polar surface area (TPSA) is 247 Å². The van der Waals surface area contributed by atoms with E-state index in [-0.39, 0.29) is 81.6 Å². The maximum atomic E-state index is 14.9. The van der Waals surface area contributed by atoms with Crippen LogP contribution in [0.2, 0.25) is 0 Å². The van der Waals surface area contributed by atoms with Gasteiger partial charge in [-0.1, -0.05) is 85.7 Å². The number of nitrogens with one attached hydrogen (secondary N) is 6. The van der Waals surface area contributed by atoms with E-state index in [4.69, 9.17) is 28.4 Å². The van der Waals surface area contributed by atoms with Gasteiger partial charge in [0, 0.05) is 54.1 Å². The molecule has 1 aromatic rings. The summed E-state index contributed by atoms with van der Waals surface area (Å²) < 4.78 is 33.2. The normalized spacial score (nSPS) is 21.4. The van der Waals surface area contributed by atoms with Gasteiger partial charge in [-0.25, -0.2) is 9.59 Å². The molecule has 0 aliphatic heterocycles. The number of methoxy groups -OCH3 is 5. The highest BCUT2D eigenvalue weighted by atomic mass is 16.6. The van der Waals surface area contributed by atoms with E-state index in [1.807, 2.05) is 85.7 Å². The number of hydrogen-bond acceptors (Lipinski definition) is 13. The van der Waals surface area contributed by atoms with E-state index in [9.17, 15) is 33.6 Å². The molecule has 2 aliphatic rings. The van der Waals surface area contributed by atoms with Crippen LogP contribution in [0.1, 0.15) is 112 Å². The van der Waals surface area contributed by atoms with E-state index in [0.29, 0.717) is 0 Å². The Morgan fingerprint density at radius 2 is 0.853 bits per heavy atom. The first kappa shape index (κ1) is 57.5. The van der Waals surface area contributed by atoms with Crippen molar-refractivity contribution in [1.29, 1.82) is 0 Å². The van der Waals surface area contributed by atoms with Gasteiger partial charge in [-0.3, -0.25) is 24.0 Å². The van der Waals surface area contributed by atoms with Crippen LogP contribution in [0.4, 0.5) is 4.79 Å². The lowest BCUT2D eigenvalue weighted by molar-refractivity contribution is -0.151. The van der Waals surface area contributed by atoms with Gasteiger partial charge < -0.3 is 60.3 Å². The highest BCUT2D eigenvalue weighted by molar-refractivity contribution is 5.99. The Morgan fingerprint density at radius 1 is 0.500 bits per heavy atom. The quantitative estimate of drug-likeness (QED) is 0.0730. The predicted octanol–water partition coefficient (Wildman–Crippen LogP) is 3.45. The Labute approximate surface area is 402 Å². The molecule has 0 radical (unpaired) electrons. The molecule has 8 atom stereocenters. The van der Waals surface area contributed by atoms with E-state index < -0.39 is 101 Å². The Kier molecular flexibility index (Phi) is 22.6. The van der Waals surface area contributed by atoms with Gasteiger partial charge in [0.15, 0.2) is 0 Å². The van der Waals surface area contributed by atoms with Gasteiger partial charge in [-0.2, -0.15) is 0 Å². The SMILES string of the molecule is COC(=O)C1(NC(=O)[C@H](CC(C)C)NC(=O)[C@H](CC(C)C)NC(=O)C2(NC(=O)[C@H](CC(C)C)NC(=O)[C@H](CC(C)C)NC(=O)OCc3ccccc3)C[C@@H](OC)[C@H](OC)C2)C[C@@H](OC)[C@H](OC)C1. The third kappa shape index (κ3) is 16.4. The second-order valence-electron chi connectivity index (χ2n) is 20.0. The third-order valence-corrected chi connectivity index (χ3v) is 12.5. The molecule has 384 valence electrons. The molecule has 0 heterocycles. The minimum Gasteiger partial charge on any atom is -0.467 e. The van der Waals surface area contributed by atoms with Crippen molar-refractivity contribution < 1.29 is 62.0 Å². The van der Waals surface area contributed by atoms with E-state index in [1.165, 1.54) is 35.5 Å². The number of rotatable bonds is 26. The molecule has 2 aliphatic carbocycles. The number of hydrogen-bond donors (Lipinski definition) is 6. The zero-order valence-electron chi connectivity index (χ0n) is 42.5.